The van der Waals surface area contributed by atoms with Crippen LogP contribution in [0.3, 0.4) is 0 Å². The lowest BCUT2D eigenvalue weighted by atomic mass is 9.79. The standard InChI is InChI=1S/C20H26BNO3/c1-19(2)20(3,4)25-21(24-19)16-7-6-8-17(13-16)22-14-15-9-11-18(23-5)12-10-15/h6-13,22H,14H2,1-5H3. The molecule has 1 saturated heterocycles. The summed E-state index contributed by atoms with van der Waals surface area (Å²) in [5.74, 6) is 0.867. The summed E-state index contributed by atoms with van der Waals surface area (Å²) >= 11 is 0. The van der Waals surface area contributed by atoms with Crippen molar-refractivity contribution in [2.45, 2.75) is 45.4 Å². The second-order valence-electron chi connectivity index (χ2n) is 7.42. The van der Waals surface area contributed by atoms with Gasteiger partial charge in [-0.3, -0.25) is 0 Å². The van der Waals surface area contributed by atoms with E-state index in [9.17, 15) is 0 Å². The predicted molar refractivity (Wildman–Crippen MR) is 102 cm³/mol. The Morgan fingerprint density at radius 3 is 2.20 bits per heavy atom. The highest BCUT2D eigenvalue weighted by molar-refractivity contribution is 6.62. The molecule has 2 aromatic carbocycles. The lowest BCUT2D eigenvalue weighted by Gasteiger charge is -2.32. The fourth-order valence-corrected chi connectivity index (χ4v) is 2.72. The van der Waals surface area contributed by atoms with Crippen molar-refractivity contribution < 1.29 is 14.0 Å². The third kappa shape index (κ3) is 3.83. The number of ether oxygens (including phenoxy) is 1. The van der Waals surface area contributed by atoms with Gasteiger partial charge in [0.25, 0.3) is 0 Å². The molecule has 0 aliphatic carbocycles. The van der Waals surface area contributed by atoms with E-state index < -0.39 is 0 Å². The Hall–Kier alpha value is -1.98. The van der Waals surface area contributed by atoms with Gasteiger partial charge in [0, 0.05) is 12.2 Å². The van der Waals surface area contributed by atoms with E-state index in [4.69, 9.17) is 14.0 Å². The highest BCUT2D eigenvalue weighted by Crippen LogP contribution is 2.36. The molecule has 3 rings (SSSR count). The van der Waals surface area contributed by atoms with Gasteiger partial charge in [-0.2, -0.15) is 0 Å². The molecule has 0 radical (unpaired) electrons. The van der Waals surface area contributed by atoms with Crippen molar-refractivity contribution >= 4 is 18.3 Å². The lowest BCUT2D eigenvalue weighted by molar-refractivity contribution is 0.00578. The maximum Gasteiger partial charge on any atom is 0.494 e. The van der Waals surface area contributed by atoms with E-state index in [1.54, 1.807) is 7.11 Å². The molecule has 1 fully saturated rings. The van der Waals surface area contributed by atoms with Crippen LogP contribution in [-0.2, 0) is 15.9 Å². The molecule has 0 bridgehead atoms. The lowest BCUT2D eigenvalue weighted by Crippen LogP contribution is -2.41. The zero-order valence-electron chi connectivity index (χ0n) is 15.6. The zero-order chi connectivity index (χ0) is 18.1. The molecular formula is C20H26BNO3. The van der Waals surface area contributed by atoms with Gasteiger partial charge in [-0.25, -0.2) is 0 Å². The molecule has 132 valence electrons. The fourth-order valence-electron chi connectivity index (χ4n) is 2.72. The molecule has 1 aliphatic heterocycles. The van der Waals surface area contributed by atoms with Crippen molar-refractivity contribution in [3.63, 3.8) is 0 Å². The molecule has 1 heterocycles. The number of nitrogens with one attached hydrogen (secondary N) is 1. The summed E-state index contributed by atoms with van der Waals surface area (Å²) in [5.41, 5.74) is 2.61. The second-order valence-corrected chi connectivity index (χ2v) is 7.42. The van der Waals surface area contributed by atoms with E-state index in [1.165, 1.54) is 5.56 Å². The average molecular weight is 339 g/mol. The summed E-state index contributed by atoms with van der Waals surface area (Å²) in [5, 5.41) is 3.45. The highest BCUT2D eigenvalue weighted by Gasteiger charge is 2.51. The molecule has 0 spiro atoms. The van der Waals surface area contributed by atoms with Crippen LogP contribution in [0.2, 0.25) is 0 Å². The minimum atomic E-state index is -0.340. The van der Waals surface area contributed by atoms with Gasteiger partial charge in [-0.05, 0) is 63.0 Å². The molecule has 0 saturated carbocycles. The number of rotatable bonds is 5. The Labute approximate surface area is 150 Å². The monoisotopic (exact) mass is 339 g/mol. The summed E-state index contributed by atoms with van der Waals surface area (Å²) in [6.07, 6.45) is 0. The quantitative estimate of drug-likeness (QED) is 0.845. The third-order valence-electron chi connectivity index (χ3n) is 5.07. The summed E-state index contributed by atoms with van der Waals surface area (Å²) in [4.78, 5) is 0. The van der Waals surface area contributed by atoms with Crippen LogP contribution in [0.1, 0.15) is 33.3 Å². The Balaban J connectivity index is 1.67. The van der Waals surface area contributed by atoms with Gasteiger partial charge in [0.2, 0.25) is 0 Å². The SMILES string of the molecule is COc1ccc(CNc2cccc(B3OC(C)(C)C(C)(C)O3)c2)cc1. The molecule has 1 aliphatic rings. The number of methoxy groups -OCH3 is 1. The van der Waals surface area contributed by atoms with Crippen molar-refractivity contribution in [1.29, 1.82) is 0 Å². The summed E-state index contributed by atoms with van der Waals surface area (Å²) in [7, 11) is 1.34. The van der Waals surface area contributed by atoms with Gasteiger partial charge < -0.3 is 19.4 Å². The highest BCUT2D eigenvalue weighted by atomic mass is 16.7. The Bertz CT molecular complexity index is 712. The topological polar surface area (TPSA) is 39.7 Å². The van der Waals surface area contributed by atoms with E-state index in [-0.39, 0.29) is 18.3 Å². The average Bonchev–Trinajstić information content (AvgIpc) is 2.81. The molecule has 2 aromatic rings. The van der Waals surface area contributed by atoms with Gasteiger partial charge in [-0.1, -0.05) is 24.3 Å². The number of anilines is 1. The first kappa shape index (κ1) is 17.8. The Morgan fingerprint density at radius 2 is 1.60 bits per heavy atom. The van der Waals surface area contributed by atoms with Crippen LogP contribution in [-0.4, -0.2) is 25.4 Å². The summed E-state index contributed by atoms with van der Waals surface area (Å²) < 4.78 is 17.4. The van der Waals surface area contributed by atoms with Crippen LogP contribution in [0.15, 0.2) is 48.5 Å². The van der Waals surface area contributed by atoms with Crippen molar-refractivity contribution in [2.75, 3.05) is 12.4 Å². The molecule has 0 atom stereocenters. The molecule has 1 N–H and O–H groups in total. The van der Waals surface area contributed by atoms with E-state index >= 15 is 0 Å². The van der Waals surface area contributed by atoms with Gasteiger partial charge in [0.05, 0.1) is 18.3 Å². The van der Waals surface area contributed by atoms with Gasteiger partial charge in [-0.15, -0.1) is 0 Å². The molecule has 5 heteroatoms. The zero-order valence-corrected chi connectivity index (χ0v) is 15.6. The van der Waals surface area contributed by atoms with E-state index in [0.29, 0.717) is 0 Å². The van der Waals surface area contributed by atoms with E-state index in [0.717, 1.165) is 23.4 Å². The summed E-state index contributed by atoms with van der Waals surface area (Å²) in [6, 6.07) is 16.3. The molecule has 25 heavy (non-hydrogen) atoms. The largest absolute Gasteiger partial charge is 0.497 e. The second kappa shape index (κ2) is 6.73. The smallest absolute Gasteiger partial charge is 0.494 e. The molecule has 0 amide bonds. The minimum Gasteiger partial charge on any atom is -0.497 e. The number of hydrogen-bond donors (Lipinski definition) is 1. The van der Waals surface area contributed by atoms with Crippen LogP contribution < -0.4 is 15.5 Å². The van der Waals surface area contributed by atoms with E-state index in [2.05, 4.69) is 57.3 Å². The first-order valence-electron chi connectivity index (χ1n) is 8.63. The maximum absolute atomic E-state index is 6.13. The van der Waals surface area contributed by atoms with Crippen LogP contribution in [0.25, 0.3) is 0 Å². The third-order valence-corrected chi connectivity index (χ3v) is 5.07. The number of benzene rings is 2. The molecule has 0 unspecified atom stereocenters. The van der Waals surface area contributed by atoms with Crippen molar-refractivity contribution in [3.8, 4) is 5.75 Å². The number of hydrogen-bond acceptors (Lipinski definition) is 4. The van der Waals surface area contributed by atoms with Crippen molar-refractivity contribution in [3.05, 3.63) is 54.1 Å². The van der Waals surface area contributed by atoms with Gasteiger partial charge >= 0.3 is 7.12 Å². The van der Waals surface area contributed by atoms with Gasteiger partial charge in [0.1, 0.15) is 5.75 Å². The van der Waals surface area contributed by atoms with Crippen LogP contribution >= 0.6 is 0 Å². The molecule has 0 aromatic heterocycles. The Morgan fingerprint density at radius 1 is 0.960 bits per heavy atom. The predicted octanol–water partition coefficient (Wildman–Crippen LogP) is 3.61. The van der Waals surface area contributed by atoms with Crippen molar-refractivity contribution in [1.82, 2.24) is 0 Å². The first-order chi connectivity index (χ1) is 11.8. The fraction of sp³-hybridized carbons (Fsp3) is 0.400. The summed E-state index contributed by atoms with van der Waals surface area (Å²) in [6.45, 7) is 9.02. The molecule has 4 nitrogen and oxygen atoms in total. The van der Waals surface area contributed by atoms with Crippen LogP contribution in [0.4, 0.5) is 5.69 Å². The molecular weight excluding hydrogens is 313 g/mol. The normalized spacial score (nSPS) is 18.2. The van der Waals surface area contributed by atoms with E-state index in [1.807, 2.05) is 24.3 Å². The van der Waals surface area contributed by atoms with Gasteiger partial charge in [0.15, 0.2) is 0 Å². The van der Waals surface area contributed by atoms with Crippen LogP contribution in [0.5, 0.6) is 5.75 Å². The minimum absolute atomic E-state index is 0.329. The first-order valence-corrected chi connectivity index (χ1v) is 8.63. The van der Waals surface area contributed by atoms with Crippen LogP contribution in [0, 0.1) is 0 Å². The Kier molecular flexibility index (Phi) is 4.80. The maximum atomic E-state index is 6.13. The van der Waals surface area contributed by atoms with Crippen molar-refractivity contribution in [2.24, 2.45) is 0 Å².